The number of ether oxygens (including phenoxy) is 1. The van der Waals surface area contributed by atoms with E-state index in [4.69, 9.17) is 10.5 Å². The van der Waals surface area contributed by atoms with E-state index in [2.05, 4.69) is 20.3 Å². The van der Waals surface area contributed by atoms with Crippen LogP contribution in [0.4, 0.5) is 25.3 Å². The minimum Gasteiger partial charge on any atom is -0.393 e. The fraction of sp³-hybridized carbons (Fsp3) is 0.435. The van der Waals surface area contributed by atoms with Crippen molar-refractivity contribution in [2.75, 3.05) is 42.3 Å². The second kappa shape index (κ2) is 9.88. The summed E-state index contributed by atoms with van der Waals surface area (Å²) in [6.45, 7) is 3.28. The number of benzene rings is 1. The molecule has 4 heterocycles. The average Bonchev–Trinajstić information content (AvgIpc) is 3.28. The van der Waals surface area contributed by atoms with Crippen molar-refractivity contribution in [3.63, 3.8) is 0 Å². The summed E-state index contributed by atoms with van der Waals surface area (Å²) in [5.74, 6) is -1.07. The Morgan fingerprint density at radius 2 is 2.03 bits per heavy atom. The number of aromatic nitrogens is 3. The van der Waals surface area contributed by atoms with Crippen molar-refractivity contribution >= 4 is 33.8 Å². The Kier molecular flexibility index (Phi) is 6.67. The molecule has 2 aliphatic rings. The Bertz CT molecular complexity index is 1210. The molecule has 1 aromatic carbocycles. The third kappa shape index (κ3) is 4.86. The van der Waals surface area contributed by atoms with E-state index in [9.17, 15) is 18.7 Å². The number of aliphatic hydroxyl groups is 1. The third-order valence-corrected chi connectivity index (χ3v) is 7.14. The average molecular weight is 505 g/mol. The maximum absolute atomic E-state index is 14.2. The van der Waals surface area contributed by atoms with E-state index in [1.807, 2.05) is 4.68 Å². The number of hydrogen-bond acceptors (Lipinski definition) is 8. The van der Waals surface area contributed by atoms with Gasteiger partial charge >= 0.3 is 0 Å². The molecule has 12 heteroatoms. The monoisotopic (exact) mass is 504 g/mol. The first-order chi connectivity index (χ1) is 16.9. The molecule has 0 bridgehead atoms. The predicted octanol–water partition coefficient (Wildman–Crippen LogP) is 3.12. The molecule has 0 radical (unpaired) electrons. The Morgan fingerprint density at radius 3 is 2.74 bits per heavy atom. The first-order valence-corrected chi connectivity index (χ1v) is 12.3. The zero-order chi connectivity index (χ0) is 24.5. The van der Waals surface area contributed by atoms with Gasteiger partial charge in [0.15, 0.2) is 11.5 Å². The van der Waals surface area contributed by atoms with Crippen molar-refractivity contribution in [1.82, 2.24) is 14.8 Å². The normalized spacial score (nSPS) is 18.8. The van der Waals surface area contributed by atoms with Gasteiger partial charge in [-0.2, -0.15) is 5.10 Å². The number of halogens is 2. The molecule has 0 spiro atoms. The largest absolute Gasteiger partial charge is 0.393 e. The van der Waals surface area contributed by atoms with Gasteiger partial charge in [0.2, 0.25) is 0 Å². The van der Waals surface area contributed by atoms with Crippen LogP contribution in [0.1, 0.15) is 29.8 Å². The van der Waals surface area contributed by atoms with Crippen LogP contribution >= 0.6 is 11.3 Å². The highest BCUT2D eigenvalue weighted by molar-refractivity contribution is 7.19. The minimum atomic E-state index is -0.780. The van der Waals surface area contributed by atoms with Gasteiger partial charge in [0.25, 0.3) is 5.91 Å². The molecule has 2 aromatic heterocycles. The zero-order valence-electron chi connectivity index (χ0n) is 18.9. The van der Waals surface area contributed by atoms with Gasteiger partial charge in [0.05, 0.1) is 37.6 Å². The lowest BCUT2D eigenvalue weighted by atomic mass is 10.1. The molecule has 1 amide bonds. The maximum Gasteiger partial charge on any atom is 0.277 e. The molecule has 2 saturated heterocycles. The maximum atomic E-state index is 14.2. The van der Waals surface area contributed by atoms with Gasteiger partial charge in [-0.3, -0.25) is 4.79 Å². The fourth-order valence-corrected chi connectivity index (χ4v) is 5.22. The Morgan fingerprint density at radius 1 is 1.26 bits per heavy atom. The summed E-state index contributed by atoms with van der Waals surface area (Å²) < 4.78 is 35.6. The number of anilines is 3. The number of nitrogens with zero attached hydrogens (tertiary/aromatic N) is 4. The molecule has 4 N–H and O–H groups in total. The Hall–Kier alpha value is -3.09. The summed E-state index contributed by atoms with van der Waals surface area (Å²) in [6.07, 6.45) is 3.35. The molecule has 0 unspecified atom stereocenters. The predicted molar refractivity (Wildman–Crippen MR) is 128 cm³/mol. The third-order valence-electron chi connectivity index (χ3n) is 6.24. The van der Waals surface area contributed by atoms with E-state index in [1.54, 1.807) is 6.20 Å². The van der Waals surface area contributed by atoms with Crippen LogP contribution in [-0.4, -0.2) is 58.2 Å². The van der Waals surface area contributed by atoms with E-state index in [-0.39, 0.29) is 27.4 Å². The van der Waals surface area contributed by atoms with Crippen molar-refractivity contribution in [1.29, 1.82) is 0 Å². The smallest absolute Gasteiger partial charge is 0.277 e. The zero-order valence-corrected chi connectivity index (χ0v) is 19.7. The quantitative estimate of drug-likeness (QED) is 0.472. The summed E-state index contributed by atoms with van der Waals surface area (Å²) in [7, 11) is 0. The van der Waals surface area contributed by atoms with Crippen molar-refractivity contribution < 1.29 is 23.4 Å². The first-order valence-electron chi connectivity index (χ1n) is 11.5. The molecule has 9 nitrogen and oxygen atoms in total. The lowest BCUT2D eigenvalue weighted by Crippen LogP contribution is -2.34. The standard InChI is InChI=1S/C23H26F2N6O3S/c24-15-4-1-5-16(25)18(15)22-29-19(20(26)35-22)21(33)28-17-9-27-31(10-13-11-34-12-13)23(17)30-7-2-3-14(32)6-8-30/h1,4-5,9,13-14,32H,2-3,6-8,10-12,26H2,(H,28,33)/t14-/m0/s1. The number of rotatable bonds is 6. The van der Waals surface area contributed by atoms with Crippen LogP contribution in [0.25, 0.3) is 10.6 Å². The van der Waals surface area contributed by atoms with Crippen LogP contribution < -0.4 is 16.0 Å². The van der Waals surface area contributed by atoms with Gasteiger partial charge in [0.1, 0.15) is 27.3 Å². The molecular formula is C23H26F2N6O3S. The van der Waals surface area contributed by atoms with Gasteiger partial charge < -0.3 is 25.8 Å². The number of hydrogen-bond donors (Lipinski definition) is 3. The topological polar surface area (TPSA) is 119 Å². The number of nitrogen functional groups attached to an aromatic ring is 1. The number of carbonyl (C=O) groups is 1. The molecule has 2 aliphatic heterocycles. The lowest BCUT2D eigenvalue weighted by Gasteiger charge is -2.29. The summed E-state index contributed by atoms with van der Waals surface area (Å²) in [5.41, 5.74) is 6.08. The van der Waals surface area contributed by atoms with E-state index in [0.717, 1.165) is 35.7 Å². The number of nitrogens with two attached hydrogens (primary N) is 1. The fourth-order valence-electron chi connectivity index (χ4n) is 4.34. The second-order valence-electron chi connectivity index (χ2n) is 8.82. The highest BCUT2D eigenvalue weighted by atomic mass is 32.1. The second-order valence-corrected chi connectivity index (χ2v) is 9.85. The highest BCUT2D eigenvalue weighted by Gasteiger charge is 2.28. The number of aliphatic hydroxyl groups excluding tert-OH is 1. The van der Waals surface area contributed by atoms with Crippen LogP contribution in [0.5, 0.6) is 0 Å². The number of nitrogens with one attached hydrogen (secondary N) is 1. The van der Waals surface area contributed by atoms with Crippen LogP contribution in [-0.2, 0) is 11.3 Å². The minimum absolute atomic E-state index is 0.00865. The first kappa shape index (κ1) is 23.6. The van der Waals surface area contributed by atoms with Crippen LogP contribution in [0.3, 0.4) is 0 Å². The molecule has 5 rings (SSSR count). The number of carbonyl (C=O) groups excluding carboxylic acids is 1. The Balaban J connectivity index is 1.43. The van der Waals surface area contributed by atoms with Crippen molar-refractivity contribution in [3.05, 3.63) is 41.7 Å². The van der Waals surface area contributed by atoms with Crippen molar-refractivity contribution in [2.24, 2.45) is 5.92 Å². The number of amides is 1. The lowest BCUT2D eigenvalue weighted by molar-refractivity contribution is -0.0406. The molecule has 0 saturated carbocycles. The molecule has 35 heavy (non-hydrogen) atoms. The summed E-state index contributed by atoms with van der Waals surface area (Å²) in [6, 6.07) is 3.51. The molecule has 0 aliphatic carbocycles. The SMILES string of the molecule is Nc1sc(-c2c(F)cccc2F)nc1C(=O)Nc1cnn(CC2COC2)c1N1CCC[C@H](O)CC1. The van der Waals surface area contributed by atoms with E-state index in [1.165, 1.54) is 6.07 Å². The van der Waals surface area contributed by atoms with Crippen molar-refractivity contribution in [3.8, 4) is 10.6 Å². The van der Waals surface area contributed by atoms with Gasteiger partial charge in [0, 0.05) is 19.0 Å². The molecular weight excluding hydrogens is 478 g/mol. The highest BCUT2D eigenvalue weighted by Crippen LogP contribution is 2.35. The molecule has 3 aromatic rings. The Labute approximate surface area is 204 Å². The van der Waals surface area contributed by atoms with Crippen LogP contribution in [0.2, 0.25) is 0 Å². The van der Waals surface area contributed by atoms with Gasteiger partial charge in [-0.05, 0) is 31.4 Å². The summed E-state index contributed by atoms with van der Waals surface area (Å²) in [5, 5.41) is 17.5. The van der Waals surface area contributed by atoms with E-state index < -0.39 is 17.5 Å². The van der Waals surface area contributed by atoms with Gasteiger partial charge in [-0.15, -0.1) is 0 Å². The van der Waals surface area contributed by atoms with Crippen molar-refractivity contribution in [2.45, 2.75) is 31.9 Å². The van der Waals surface area contributed by atoms with E-state index in [0.29, 0.717) is 57.3 Å². The van der Waals surface area contributed by atoms with E-state index >= 15 is 0 Å². The molecule has 2 fully saturated rings. The van der Waals surface area contributed by atoms with Crippen LogP contribution in [0, 0.1) is 17.6 Å². The van der Waals surface area contributed by atoms with Gasteiger partial charge in [-0.25, -0.2) is 18.4 Å². The molecule has 186 valence electrons. The molecule has 1 atom stereocenters. The van der Waals surface area contributed by atoms with Crippen LogP contribution in [0.15, 0.2) is 24.4 Å². The summed E-state index contributed by atoms with van der Waals surface area (Å²) in [4.78, 5) is 19.4. The van der Waals surface area contributed by atoms with Gasteiger partial charge in [-0.1, -0.05) is 17.4 Å². The number of thiazole rings is 1. The summed E-state index contributed by atoms with van der Waals surface area (Å²) >= 11 is 0.847.